The van der Waals surface area contributed by atoms with E-state index in [-0.39, 0.29) is 18.0 Å². The number of nitrogens with zero attached hydrogens (tertiary/aromatic N) is 1. The van der Waals surface area contributed by atoms with Crippen LogP contribution in [-0.4, -0.2) is 22.8 Å². The van der Waals surface area contributed by atoms with Gasteiger partial charge >= 0.3 is 0 Å². The van der Waals surface area contributed by atoms with Crippen molar-refractivity contribution in [1.29, 1.82) is 0 Å². The number of benzene rings is 1. The number of ketones is 1. The number of carbonyl (C=O) groups excluding carboxylic acids is 1. The number of hydrogen-bond acceptors (Lipinski definition) is 3. The molecule has 1 aliphatic rings. The van der Waals surface area contributed by atoms with Crippen LogP contribution in [0.15, 0.2) is 18.2 Å². The number of hydrogen-bond donors (Lipinski definition) is 1. The third-order valence-electron chi connectivity index (χ3n) is 2.12. The molecule has 2 N–H and O–H groups in total. The van der Waals surface area contributed by atoms with Crippen LogP contribution in [0.25, 0.3) is 0 Å². The largest absolute Gasteiger partial charge is 0.618 e. The summed E-state index contributed by atoms with van der Waals surface area (Å²) in [5.74, 6) is -0.333. The van der Waals surface area contributed by atoms with Gasteiger partial charge in [0.05, 0.1) is 6.54 Å². The van der Waals surface area contributed by atoms with Crippen LogP contribution >= 0.6 is 11.6 Å². The van der Waals surface area contributed by atoms with Crippen molar-refractivity contribution in [2.24, 2.45) is 5.73 Å². The highest BCUT2D eigenvalue weighted by Gasteiger charge is 2.34. The molecule has 72 valence electrons. The summed E-state index contributed by atoms with van der Waals surface area (Å²) < 4.78 is 0.563. The number of rotatable bonds is 1. The Morgan fingerprint density at radius 3 is 2.86 bits per heavy atom. The second-order valence-electron chi connectivity index (χ2n) is 2.94. The summed E-state index contributed by atoms with van der Waals surface area (Å²) in [4.78, 5) is 11.6. The zero-order chi connectivity index (χ0) is 10.3. The first-order valence-corrected chi connectivity index (χ1v) is 4.40. The van der Waals surface area contributed by atoms with Gasteiger partial charge in [0.25, 0.3) is 11.5 Å². The second kappa shape index (κ2) is 3.08. The fraction of sp³-hybridized carbons (Fsp3) is 0.111. The first-order chi connectivity index (χ1) is 6.65. The molecule has 14 heavy (non-hydrogen) atoms. The van der Waals surface area contributed by atoms with Gasteiger partial charge in [0.15, 0.2) is 0 Å². The van der Waals surface area contributed by atoms with Crippen molar-refractivity contribution < 1.29 is 9.53 Å². The average molecular weight is 211 g/mol. The monoisotopic (exact) mass is 210 g/mol. The smallest absolute Gasteiger partial charge is 0.261 e. The van der Waals surface area contributed by atoms with Gasteiger partial charge < -0.3 is 10.9 Å². The van der Waals surface area contributed by atoms with E-state index in [9.17, 15) is 10.0 Å². The minimum absolute atomic E-state index is 0.0577. The Bertz CT molecular complexity index is 454. The maximum Gasteiger partial charge on any atom is 0.261 e. The zero-order valence-corrected chi connectivity index (χ0v) is 7.91. The van der Waals surface area contributed by atoms with E-state index in [1.165, 1.54) is 12.1 Å². The van der Waals surface area contributed by atoms with Gasteiger partial charge in [-0.1, -0.05) is 11.6 Å². The van der Waals surface area contributed by atoms with Crippen LogP contribution in [-0.2, 0) is 0 Å². The lowest BCUT2D eigenvalue weighted by Crippen LogP contribution is -2.24. The fourth-order valence-corrected chi connectivity index (χ4v) is 1.61. The summed E-state index contributed by atoms with van der Waals surface area (Å²) in [6.45, 7) is -0.0609. The highest BCUT2D eigenvalue weighted by molar-refractivity contribution is 6.48. The minimum Gasteiger partial charge on any atom is -0.618 e. The van der Waals surface area contributed by atoms with Crippen LogP contribution in [0.4, 0.5) is 5.69 Å². The van der Waals surface area contributed by atoms with Gasteiger partial charge in [-0.2, -0.15) is 4.74 Å². The summed E-state index contributed by atoms with van der Waals surface area (Å²) >= 11 is 5.71. The van der Waals surface area contributed by atoms with E-state index in [1.807, 2.05) is 0 Å². The standard InChI is InChI=1S/C9H7ClN2O2/c10-5-1-2-7-6(3-5)9(13)8(4-11)12(7)14/h1-3H,4,11H2. The third kappa shape index (κ3) is 1.12. The molecule has 2 rings (SSSR count). The quantitative estimate of drug-likeness (QED) is 0.557. The molecule has 1 heterocycles. The maximum atomic E-state index is 11.6. The highest BCUT2D eigenvalue weighted by Crippen LogP contribution is 2.28. The highest BCUT2D eigenvalue weighted by atomic mass is 35.5. The maximum absolute atomic E-state index is 11.6. The van der Waals surface area contributed by atoms with Gasteiger partial charge in [-0.25, -0.2) is 0 Å². The predicted molar refractivity (Wildman–Crippen MR) is 53.1 cm³/mol. The van der Waals surface area contributed by atoms with Gasteiger partial charge in [-0.15, -0.1) is 0 Å². The lowest BCUT2D eigenvalue weighted by atomic mass is 10.1. The van der Waals surface area contributed by atoms with Crippen LogP contribution in [0.2, 0.25) is 5.02 Å². The van der Waals surface area contributed by atoms with Crippen molar-refractivity contribution in [2.75, 3.05) is 6.54 Å². The molecule has 0 amide bonds. The van der Waals surface area contributed by atoms with Gasteiger partial charge in [0.2, 0.25) is 5.69 Å². The molecule has 0 aromatic heterocycles. The first-order valence-electron chi connectivity index (χ1n) is 4.02. The molecule has 4 nitrogen and oxygen atoms in total. The molecule has 0 fully saturated rings. The van der Waals surface area contributed by atoms with Crippen LogP contribution in [0, 0.1) is 5.21 Å². The summed E-state index contributed by atoms with van der Waals surface area (Å²) in [7, 11) is 0. The zero-order valence-electron chi connectivity index (χ0n) is 7.16. The van der Waals surface area contributed by atoms with Crippen LogP contribution in [0.1, 0.15) is 10.4 Å². The fourth-order valence-electron chi connectivity index (χ4n) is 1.44. The van der Waals surface area contributed by atoms with Gasteiger partial charge in [0.1, 0.15) is 5.56 Å². The van der Waals surface area contributed by atoms with Gasteiger partial charge in [0, 0.05) is 11.1 Å². The van der Waals surface area contributed by atoms with E-state index >= 15 is 0 Å². The number of halogens is 1. The summed E-state index contributed by atoms with van der Waals surface area (Å²) in [5, 5.41) is 11.9. The molecule has 0 aliphatic carbocycles. The molecule has 5 heteroatoms. The number of nitrogens with two attached hydrogens (primary N) is 1. The number of carbonyl (C=O) groups is 1. The normalized spacial score (nSPS) is 14.9. The Kier molecular flexibility index (Phi) is 2.02. The van der Waals surface area contributed by atoms with Crippen molar-refractivity contribution in [2.45, 2.75) is 0 Å². The summed E-state index contributed by atoms with van der Waals surface area (Å²) in [6.07, 6.45) is 0. The summed E-state index contributed by atoms with van der Waals surface area (Å²) in [6, 6.07) is 4.57. The Morgan fingerprint density at radius 2 is 2.21 bits per heavy atom. The molecule has 0 saturated heterocycles. The summed E-state index contributed by atoms with van der Waals surface area (Å²) in [5.41, 5.74) is 6.00. The van der Waals surface area contributed by atoms with E-state index in [4.69, 9.17) is 17.3 Å². The number of Topliss-reactive ketones (excluding diaryl/α,β-unsaturated/α-hetero) is 1. The topological polar surface area (TPSA) is 69.2 Å². The van der Waals surface area contributed by atoms with Gasteiger partial charge in [-0.05, 0) is 12.1 Å². The lowest BCUT2D eigenvalue weighted by molar-refractivity contribution is -0.356. The molecule has 0 spiro atoms. The molecule has 1 aliphatic heterocycles. The third-order valence-corrected chi connectivity index (χ3v) is 2.36. The predicted octanol–water partition coefficient (Wildman–Crippen LogP) is 1.08. The van der Waals surface area contributed by atoms with Crippen molar-refractivity contribution >= 4 is 28.8 Å². The number of fused-ring (bicyclic) bond motifs is 1. The van der Waals surface area contributed by atoms with Crippen molar-refractivity contribution in [3.05, 3.63) is 34.0 Å². The molecule has 0 bridgehead atoms. The van der Waals surface area contributed by atoms with E-state index < -0.39 is 0 Å². The SMILES string of the molecule is NCC1=[N+]([O-])c2ccc(Cl)cc2C1=O. The van der Waals surface area contributed by atoms with Crippen molar-refractivity contribution in [3.8, 4) is 0 Å². The van der Waals surface area contributed by atoms with E-state index in [2.05, 4.69) is 0 Å². The molecular weight excluding hydrogens is 204 g/mol. The van der Waals surface area contributed by atoms with Crippen molar-refractivity contribution in [3.63, 3.8) is 0 Å². The first kappa shape index (κ1) is 9.18. The van der Waals surface area contributed by atoms with E-state index in [0.717, 1.165) is 0 Å². The minimum atomic E-state index is -0.333. The molecule has 0 radical (unpaired) electrons. The molecule has 1 aromatic carbocycles. The van der Waals surface area contributed by atoms with Crippen LogP contribution < -0.4 is 5.73 Å². The molecule has 1 aromatic rings. The Balaban J connectivity index is 2.64. The Morgan fingerprint density at radius 1 is 1.50 bits per heavy atom. The molecular formula is C9H7ClN2O2. The molecule has 0 unspecified atom stereocenters. The molecule has 0 saturated carbocycles. The van der Waals surface area contributed by atoms with Gasteiger partial charge in [-0.3, -0.25) is 4.79 Å². The Hall–Kier alpha value is -1.39. The Labute approximate surface area is 85.2 Å². The van der Waals surface area contributed by atoms with Crippen LogP contribution in [0.3, 0.4) is 0 Å². The van der Waals surface area contributed by atoms with Crippen LogP contribution in [0.5, 0.6) is 0 Å². The average Bonchev–Trinajstić information content (AvgIpc) is 2.39. The lowest BCUT2D eigenvalue weighted by Gasteiger charge is -1.99. The van der Waals surface area contributed by atoms with Crippen molar-refractivity contribution in [1.82, 2.24) is 0 Å². The van der Waals surface area contributed by atoms with E-state index in [0.29, 0.717) is 21.0 Å². The second-order valence-corrected chi connectivity index (χ2v) is 3.37. The molecule has 0 atom stereocenters. The van der Waals surface area contributed by atoms with E-state index in [1.54, 1.807) is 6.07 Å².